The Kier molecular flexibility index (Phi) is 5.80. The first kappa shape index (κ1) is 21.0. The van der Waals surface area contributed by atoms with E-state index in [2.05, 4.69) is 40.7 Å². The highest BCUT2D eigenvalue weighted by atomic mass is 14.7. The van der Waals surface area contributed by atoms with E-state index in [-0.39, 0.29) is 0 Å². The number of allylic oxidation sites excluding steroid dienone is 1. The molecule has 0 aromatic rings. The SMILES string of the molecule is CC(C)CCC[C@@H](C)C1CC[C@H]2[C@@H]3CC=C4C[C@@H](N)CCC4(C)[C@H]3CCC12C. The van der Waals surface area contributed by atoms with Gasteiger partial charge in [0, 0.05) is 6.04 Å². The Labute approximate surface area is 175 Å². The molecule has 4 rings (SSSR count). The van der Waals surface area contributed by atoms with Crippen LogP contribution in [0.2, 0.25) is 0 Å². The molecule has 0 amide bonds. The van der Waals surface area contributed by atoms with E-state index < -0.39 is 0 Å². The van der Waals surface area contributed by atoms with Gasteiger partial charge in [0.2, 0.25) is 0 Å². The van der Waals surface area contributed by atoms with Gasteiger partial charge in [0.05, 0.1) is 0 Å². The van der Waals surface area contributed by atoms with E-state index in [1.165, 1.54) is 70.6 Å². The second kappa shape index (κ2) is 7.75. The van der Waals surface area contributed by atoms with E-state index in [9.17, 15) is 0 Å². The van der Waals surface area contributed by atoms with Crippen molar-refractivity contribution in [3.63, 3.8) is 0 Å². The molecule has 0 bridgehead atoms. The van der Waals surface area contributed by atoms with E-state index in [0.29, 0.717) is 16.9 Å². The van der Waals surface area contributed by atoms with Crippen molar-refractivity contribution in [1.29, 1.82) is 0 Å². The van der Waals surface area contributed by atoms with Crippen molar-refractivity contribution in [3.8, 4) is 0 Å². The van der Waals surface area contributed by atoms with Crippen molar-refractivity contribution in [2.24, 2.45) is 52.1 Å². The number of hydrogen-bond acceptors (Lipinski definition) is 1. The largest absolute Gasteiger partial charge is 0.327 e. The van der Waals surface area contributed by atoms with Crippen molar-refractivity contribution >= 4 is 0 Å². The van der Waals surface area contributed by atoms with E-state index in [4.69, 9.17) is 5.73 Å². The Hall–Kier alpha value is -0.300. The molecule has 0 aromatic carbocycles. The first-order valence-electron chi connectivity index (χ1n) is 12.7. The van der Waals surface area contributed by atoms with E-state index in [1.807, 2.05) is 0 Å². The molecule has 0 aromatic heterocycles. The Morgan fingerprint density at radius 3 is 2.54 bits per heavy atom. The van der Waals surface area contributed by atoms with E-state index in [1.54, 1.807) is 5.57 Å². The molecule has 3 fully saturated rings. The van der Waals surface area contributed by atoms with Gasteiger partial charge in [0.15, 0.2) is 0 Å². The summed E-state index contributed by atoms with van der Waals surface area (Å²) in [5, 5.41) is 0. The lowest BCUT2D eigenvalue weighted by Crippen LogP contribution is -2.51. The van der Waals surface area contributed by atoms with Crippen LogP contribution in [0.5, 0.6) is 0 Å². The van der Waals surface area contributed by atoms with E-state index in [0.717, 1.165) is 35.5 Å². The van der Waals surface area contributed by atoms with Gasteiger partial charge in [-0.2, -0.15) is 0 Å². The summed E-state index contributed by atoms with van der Waals surface area (Å²) in [6, 6.07) is 0.423. The fourth-order valence-electron chi connectivity index (χ4n) is 8.71. The molecular weight excluding hydrogens is 338 g/mol. The third kappa shape index (κ3) is 3.42. The normalized spacial score (nSPS) is 46.5. The van der Waals surface area contributed by atoms with Crippen LogP contribution in [0.3, 0.4) is 0 Å². The third-order valence-corrected chi connectivity index (χ3v) is 10.3. The molecule has 2 N–H and O–H groups in total. The lowest BCUT2D eigenvalue weighted by atomic mass is 9.47. The van der Waals surface area contributed by atoms with Crippen LogP contribution >= 0.6 is 0 Å². The summed E-state index contributed by atoms with van der Waals surface area (Å²) in [6.07, 6.45) is 18.1. The standard InChI is InChI=1S/C27H47N/c1-18(2)7-6-8-19(3)23-11-12-24-22-10-9-20-17-21(28)13-15-26(20,4)25(22)14-16-27(23,24)5/h9,18-19,21-25H,6-8,10-17,28H2,1-5H3/t19-,21+,22+,23?,24+,25+,26?,27?/m1/s1. The predicted octanol–water partition coefficient (Wildman–Crippen LogP) is 7.36. The van der Waals surface area contributed by atoms with Crippen LogP contribution in [-0.4, -0.2) is 6.04 Å². The molecule has 8 atom stereocenters. The maximum absolute atomic E-state index is 6.34. The van der Waals surface area contributed by atoms with E-state index >= 15 is 0 Å². The molecule has 3 unspecified atom stereocenters. The molecule has 160 valence electrons. The first-order chi connectivity index (χ1) is 13.3. The number of rotatable bonds is 5. The van der Waals surface area contributed by atoms with Crippen molar-refractivity contribution in [3.05, 3.63) is 11.6 Å². The van der Waals surface area contributed by atoms with Crippen LogP contribution in [-0.2, 0) is 0 Å². The molecule has 0 heterocycles. The van der Waals surface area contributed by atoms with Crippen molar-refractivity contribution < 1.29 is 0 Å². The molecule has 28 heavy (non-hydrogen) atoms. The summed E-state index contributed by atoms with van der Waals surface area (Å²) < 4.78 is 0. The molecule has 0 spiro atoms. The van der Waals surface area contributed by atoms with Crippen LogP contribution in [0, 0.1) is 46.3 Å². The minimum Gasteiger partial charge on any atom is -0.327 e. The molecule has 1 nitrogen and oxygen atoms in total. The molecule has 0 radical (unpaired) electrons. The molecule has 0 saturated heterocycles. The van der Waals surface area contributed by atoms with Gasteiger partial charge < -0.3 is 5.73 Å². The zero-order valence-corrected chi connectivity index (χ0v) is 19.5. The van der Waals surface area contributed by atoms with Crippen LogP contribution in [0.15, 0.2) is 11.6 Å². The average Bonchev–Trinajstić information content (AvgIpc) is 2.99. The lowest BCUT2D eigenvalue weighted by Gasteiger charge is -2.58. The Morgan fingerprint density at radius 2 is 1.79 bits per heavy atom. The zero-order chi connectivity index (χ0) is 20.1. The number of nitrogens with two attached hydrogens (primary N) is 1. The number of fused-ring (bicyclic) bond motifs is 5. The third-order valence-electron chi connectivity index (χ3n) is 10.3. The minimum absolute atomic E-state index is 0.423. The second-order valence-electron chi connectivity index (χ2n) is 12.3. The van der Waals surface area contributed by atoms with Gasteiger partial charge in [-0.1, -0.05) is 65.5 Å². The Morgan fingerprint density at radius 1 is 1.00 bits per heavy atom. The zero-order valence-electron chi connectivity index (χ0n) is 19.5. The topological polar surface area (TPSA) is 26.0 Å². The summed E-state index contributed by atoms with van der Waals surface area (Å²) >= 11 is 0. The van der Waals surface area contributed by atoms with Crippen LogP contribution in [0.25, 0.3) is 0 Å². The van der Waals surface area contributed by atoms with Crippen LogP contribution in [0.1, 0.15) is 105 Å². The second-order valence-corrected chi connectivity index (χ2v) is 12.3. The number of hydrogen-bond donors (Lipinski definition) is 1. The smallest absolute Gasteiger partial charge is 0.00766 e. The molecule has 0 aliphatic heterocycles. The molecular formula is C27H47N. The van der Waals surface area contributed by atoms with Crippen LogP contribution < -0.4 is 5.73 Å². The van der Waals surface area contributed by atoms with Crippen LogP contribution in [0.4, 0.5) is 0 Å². The fraction of sp³-hybridized carbons (Fsp3) is 0.926. The van der Waals surface area contributed by atoms with Gasteiger partial charge >= 0.3 is 0 Å². The maximum atomic E-state index is 6.34. The molecule has 4 aliphatic rings. The molecule has 4 aliphatic carbocycles. The van der Waals surface area contributed by atoms with Gasteiger partial charge in [-0.3, -0.25) is 0 Å². The summed E-state index contributed by atoms with van der Waals surface area (Å²) in [5.74, 6) is 5.63. The highest BCUT2D eigenvalue weighted by Crippen LogP contribution is 2.67. The quantitative estimate of drug-likeness (QED) is 0.492. The summed E-state index contributed by atoms with van der Waals surface area (Å²) in [4.78, 5) is 0. The highest BCUT2D eigenvalue weighted by Gasteiger charge is 2.58. The summed E-state index contributed by atoms with van der Waals surface area (Å²) in [5.41, 5.74) is 9.18. The monoisotopic (exact) mass is 385 g/mol. The maximum Gasteiger partial charge on any atom is 0.00766 e. The van der Waals surface area contributed by atoms with Gasteiger partial charge in [0.25, 0.3) is 0 Å². The molecule has 3 saturated carbocycles. The Bertz CT molecular complexity index is 591. The van der Waals surface area contributed by atoms with Crippen molar-refractivity contribution in [1.82, 2.24) is 0 Å². The van der Waals surface area contributed by atoms with Crippen molar-refractivity contribution in [2.75, 3.05) is 0 Å². The lowest BCUT2D eigenvalue weighted by molar-refractivity contribution is -0.0508. The molecule has 1 heteroatoms. The van der Waals surface area contributed by atoms with Gasteiger partial charge in [0.1, 0.15) is 0 Å². The Balaban J connectivity index is 1.49. The highest BCUT2D eigenvalue weighted by molar-refractivity contribution is 5.25. The van der Waals surface area contributed by atoms with Crippen molar-refractivity contribution in [2.45, 2.75) is 111 Å². The average molecular weight is 386 g/mol. The predicted molar refractivity (Wildman–Crippen MR) is 121 cm³/mol. The van der Waals surface area contributed by atoms with Gasteiger partial charge in [-0.05, 0) is 97.7 Å². The summed E-state index contributed by atoms with van der Waals surface area (Å²) in [7, 11) is 0. The summed E-state index contributed by atoms with van der Waals surface area (Å²) in [6.45, 7) is 12.7. The van der Waals surface area contributed by atoms with Gasteiger partial charge in [-0.25, -0.2) is 0 Å². The first-order valence-corrected chi connectivity index (χ1v) is 12.7. The fourth-order valence-corrected chi connectivity index (χ4v) is 8.71. The van der Waals surface area contributed by atoms with Gasteiger partial charge in [-0.15, -0.1) is 0 Å². The minimum atomic E-state index is 0.423.